The van der Waals surface area contributed by atoms with Gasteiger partial charge in [0.2, 0.25) is 0 Å². The Balaban J connectivity index is 1.13. The van der Waals surface area contributed by atoms with Gasteiger partial charge in [0.25, 0.3) is 0 Å². The lowest BCUT2D eigenvalue weighted by molar-refractivity contribution is 1.08. The topological polar surface area (TPSA) is 38.7 Å². The average molecular weight is 662 g/mol. The number of rotatable bonds is 5. The molecule has 0 bridgehead atoms. The van der Waals surface area contributed by atoms with E-state index in [0.717, 1.165) is 27.5 Å². The van der Waals surface area contributed by atoms with E-state index in [2.05, 4.69) is 127 Å². The first-order valence-electron chi connectivity index (χ1n) is 17.6. The van der Waals surface area contributed by atoms with Gasteiger partial charge in [-0.15, -0.1) is 0 Å². The van der Waals surface area contributed by atoms with Gasteiger partial charge in [-0.3, -0.25) is 0 Å². The zero-order valence-corrected chi connectivity index (χ0v) is 28.2. The van der Waals surface area contributed by atoms with E-state index < -0.39 is 0 Å². The van der Waals surface area contributed by atoms with Crippen LogP contribution in [-0.4, -0.2) is 15.0 Å². The monoisotopic (exact) mass is 661 g/mol. The van der Waals surface area contributed by atoms with Gasteiger partial charge in [-0.2, -0.15) is 0 Å². The van der Waals surface area contributed by atoms with Crippen molar-refractivity contribution in [2.75, 3.05) is 0 Å². The molecule has 0 fully saturated rings. The summed E-state index contributed by atoms with van der Waals surface area (Å²) in [7, 11) is 0. The molecule has 0 saturated carbocycles. The highest BCUT2D eigenvalue weighted by atomic mass is 15.0. The van der Waals surface area contributed by atoms with E-state index in [1.165, 1.54) is 54.6 Å². The van der Waals surface area contributed by atoms with Crippen LogP contribution in [0.3, 0.4) is 0 Å². The number of hydrogen-bond donors (Lipinski definition) is 0. The van der Waals surface area contributed by atoms with Gasteiger partial charge < -0.3 is 0 Å². The quantitative estimate of drug-likeness (QED) is 0.172. The lowest BCUT2D eigenvalue weighted by atomic mass is 9.88. The van der Waals surface area contributed by atoms with Gasteiger partial charge in [0, 0.05) is 16.7 Å². The maximum Gasteiger partial charge on any atom is 0.164 e. The van der Waals surface area contributed by atoms with Crippen molar-refractivity contribution in [1.29, 1.82) is 0 Å². The fraction of sp³-hybridized carbons (Fsp3) is 0. The van der Waals surface area contributed by atoms with E-state index >= 15 is 0 Å². The molecule has 10 rings (SSSR count). The highest BCUT2D eigenvalue weighted by Crippen LogP contribution is 2.41. The molecule has 0 aliphatic heterocycles. The summed E-state index contributed by atoms with van der Waals surface area (Å²) in [5.74, 6) is 1.96. The molecule has 10 aromatic rings. The van der Waals surface area contributed by atoms with Gasteiger partial charge in [0.05, 0.1) is 0 Å². The molecule has 0 amide bonds. The van der Waals surface area contributed by atoms with Gasteiger partial charge in [-0.1, -0.05) is 176 Å². The van der Waals surface area contributed by atoms with Crippen molar-refractivity contribution in [2.24, 2.45) is 0 Å². The summed E-state index contributed by atoms with van der Waals surface area (Å²) in [4.78, 5) is 15.0. The van der Waals surface area contributed by atoms with Crippen LogP contribution in [-0.2, 0) is 0 Å². The average Bonchev–Trinajstić information content (AvgIpc) is 3.23. The molecular weight excluding hydrogens is 631 g/mol. The summed E-state index contributed by atoms with van der Waals surface area (Å²) < 4.78 is 0. The van der Waals surface area contributed by atoms with Crippen molar-refractivity contribution >= 4 is 43.1 Å². The first-order valence-corrected chi connectivity index (χ1v) is 17.6. The summed E-state index contributed by atoms with van der Waals surface area (Å²) in [6, 6.07) is 66.5. The molecule has 0 aliphatic rings. The molecule has 0 saturated heterocycles. The van der Waals surface area contributed by atoms with Crippen LogP contribution in [0.15, 0.2) is 188 Å². The standard InChI is InChI=1S/C49H31N3/c1-3-14-33(15-4-1)47-50-48(34-16-5-2-6-17-34)52-49(51-47)46-30-29-45(42-21-11-12-22-43(42)46)44-28-27-39(40-19-9-10-20-41(40)44)36-25-26-38-35(31-36)24-23-32-13-7-8-18-37(32)38/h1-31H. The smallest absolute Gasteiger partial charge is 0.164 e. The van der Waals surface area contributed by atoms with Gasteiger partial charge in [-0.05, 0) is 77.5 Å². The van der Waals surface area contributed by atoms with E-state index in [0.29, 0.717) is 17.5 Å². The van der Waals surface area contributed by atoms with Crippen LogP contribution >= 0.6 is 0 Å². The van der Waals surface area contributed by atoms with Crippen LogP contribution in [0.5, 0.6) is 0 Å². The summed E-state index contributed by atoms with van der Waals surface area (Å²) in [6.45, 7) is 0. The summed E-state index contributed by atoms with van der Waals surface area (Å²) in [5, 5.41) is 9.76. The molecule has 3 heteroatoms. The summed E-state index contributed by atoms with van der Waals surface area (Å²) in [6.07, 6.45) is 0. The SMILES string of the molecule is c1ccc(-c2nc(-c3ccccc3)nc(-c3ccc(-c4ccc(-c5ccc6c(ccc7ccccc76)c5)c5ccccc45)c4ccccc34)n2)cc1. The number of benzene rings is 9. The maximum atomic E-state index is 5.06. The van der Waals surface area contributed by atoms with Crippen LogP contribution in [0, 0.1) is 0 Å². The lowest BCUT2D eigenvalue weighted by Crippen LogP contribution is -2.00. The van der Waals surface area contributed by atoms with Crippen molar-refractivity contribution in [1.82, 2.24) is 15.0 Å². The molecule has 0 aliphatic carbocycles. The number of fused-ring (bicyclic) bond motifs is 5. The molecule has 242 valence electrons. The summed E-state index contributed by atoms with van der Waals surface area (Å²) in [5.41, 5.74) is 7.69. The maximum absolute atomic E-state index is 5.06. The minimum atomic E-state index is 0.653. The Morgan fingerprint density at radius 3 is 1.27 bits per heavy atom. The van der Waals surface area contributed by atoms with Crippen LogP contribution in [0.2, 0.25) is 0 Å². The van der Waals surface area contributed by atoms with Gasteiger partial charge in [0.15, 0.2) is 17.5 Å². The first kappa shape index (κ1) is 29.9. The summed E-state index contributed by atoms with van der Waals surface area (Å²) >= 11 is 0. The van der Waals surface area contributed by atoms with Gasteiger partial charge >= 0.3 is 0 Å². The normalized spacial score (nSPS) is 11.5. The van der Waals surface area contributed by atoms with Crippen molar-refractivity contribution in [3.05, 3.63) is 188 Å². The first-order chi connectivity index (χ1) is 25.8. The van der Waals surface area contributed by atoms with Crippen LogP contribution in [0.4, 0.5) is 0 Å². The van der Waals surface area contributed by atoms with E-state index in [1.807, 2.05) is 60.7 Å². The van der Waals surface area contributed by atoms with Crippen molar-refractivity contribution in [3.63, 3.8) is 0 Å². The number of nitrogens with zero attached hydrogens (tertiary/aromatic N) is 3. The van der Waals surface area contributed by atoms with Crippen LogP contribution < -0.4 is 0 Å². The molecule has 0 spiro atoms. The minimum absolute atomic E-state index is 0.653. The predicted molar refractivity (Wildman–Crippen MR) is 217 cm³/mol. The highest BCUT2D eigenvalue weighted by Gasteiger charge is 2.18. The predicted octanol–water partition coefficient (Wildman–Crippen LogP) is 12.8. The third-order valence-corrected chi connectivity index (χ3v) is 10.1. The zero-order valence-electron chi connectivity index (χ0n) is 28.2. The van der Waals surface area contributed by atoms with Crippen LogP contribution in [0.25, 0.3) is 99.5 Å². The molecule has 0 unspecified atom stereocenters. The molecule has 3 nitrogen and oxygen atoms in total. The fourth-order valence-corrected chi connectivity index (χ4v) is 7.62. The Bertz CT molecular complexity index is 2890. The van der Waals surface area contributed by atoms with E-state index in [9.17, 15) is 0 Å². The second kappa shape index (κ2) is 12.4. The molecule has 0 N–H and O–H groups in total. The van der Waals surface area contributed by atoms with E-state index in [4.69, 9.17) is 15.0 Å². The molecule has 1 aromatic heterocycles. The van der Waals surface area contributed by atoms with E-state index in [1.54, 1.807) is 0 Å². The highest BCUT2D eigenvalue weighted by molar-refractivity contribution is 6.13. The van der Waals surface area contributed by atoms with Gasteiger partial charge in [0.1, 0.15) is 0 Å². The van der Waals surface area contributed by atoms with Crippen molar-refractivity contribution in [3.8, 4) is 56.4 Å². The molecular formula is C49H31N3. The Kier molecular flexibility index (Phi) is 7.14. The van der Waals surface area contributed by atoms with Gasteiger partial charge in [-0.25, -0.2) is 15.0 Å². The third-order valence-electron chi connectivity index (χ3n) is 10.1. The van der Waals surface area contributed by atoms with E-state index in [-0.39, 0.29) is 0 Å². The molecule has 0 radical (unpaired) electrons. The second-order valence-corrected chi connectivity index (χ2v) is 13.2. The lowest BCUT2D eigenvalue weighted by Gasteiger charge is -2.16. The fourth-order valence-electron chi connectivity index (χ4n) is 7.62. The molecule has 52 heavy (non-hydrogen) atoms. The third kappa shape index (κ3) is 5.10. The number of hydrogen-bond acceptors (Lipinski definition) is 3. The molecule has 9 aromatic carbocycles. The van der Waals surface area contributed by atoms with Crippen molar-refractivity contribution in [2.45, 2.75) is 0 Å². The minimum Gasteiger partial charge on any atom is -0.208 e. The largest absolute Gasteiger partial charge is 0.208 e. The van der Waals surface area contributed by atoms with Crippen LogP contribution in [0.1, 0.15) is 0 Å². The molecule has 0 atom stereocenters. The Labute approximate surface area is 301 Å². The Morgan fingerprint density at radius 1 is 0.231 bits per heavy atom. The number of aromatic nitrogens is 3. The second-order valence-electron chi connectivity index (χ2n) is 13.2. The zero-order chi connectivity index (χ0) is 34.4. The molecule has 1 heterocycles. The van der Waals surface area contributed by atoms with Crippen molar-refractivity contribution < 1.29 is 0 Å². The Hall–Kier alpha value is -6.97. The Morgan fingerprint density at radius 2 is 0.654 bits per heavy atom.